The van der Waals surface area contributed by atoms with Crippen LogP contribution in [0.2, 0.25) is 0 Å². The number of benzene rings is 2. The lowest BCUT2D eigenvalue weighted by atomic mass is 9.96. The van der Waals surface area contributed by atoms with Crippen molar-refractivity contribution in [1.82, 2.24) is 4.98 Å². The molecule has 0 spiro atoms. The standard InChI is InChI=1S/C21H20FN3O3S/c22-15-2-1-3-18-19(15)24-21(29-18)25-8-6-13(7-9-25)20(26)23-14-4-5-16-17(12-14)28-11-10-27-16/h1-5,12-13H,6-11H2,(H,23,26). The number of carbonyl (C=O) groups excluding carboxylic acids is 1. The highest BCUT2D eigenvalue weighted by atomic mass is 32.1. The molecule has 2 aliphatic heterocycles. The number of thiazole rings is 1. The van der Waals surface area contributed by atoms with Crippen LogP contribution in [0.3, 0.4) is 0 Å². The molecule has 1 saturated heterocycles. The molecule has 2 aromatic carbocycles. The van der Waals surface area contributed by atoms with Gasteiger partial charge in [0.15, 0.2) is 16.6 Å². The van der Waals surface area contributed by atoms with Crippen molar-refractivity contribution in [1.29, 1.82) is 0 Å². The molecule has 150 valence electrons. The Kier molecular flexibility index (Phi) is 4.71. The number of ether oxygens (including phenoxy) is 2. The molecule has 1 N–H and O–H groups in total. The molecular formula is C21H20FN3O3S. The van der Waals surface area contributed by atoms with Crippen LogP contribution in [0.25, 0.3) is 10.2 Å². The fourth-order valence-electron chi connectivity index (χ4n) is 3.74. The number of hydrogen-bond donors (Lipinski definition) is 1. The van der Waals surface area contributed by atoms with Crippen LogP contribution in [-0.4, -0.2) is 37.2 Å². The molecule has 6 nitrogen and oxygen atoms in total. The van der Waals surface area contributed by atoms with Crippen LogP contribution < -0.4 is 19.7 Å². The quantitative estimate of drug-likeness (QED) is 0.702. The maximum Gasteiger partial charge on any atom is 0.227 e. The second kappa shape index (κ2) is 7.51. The molecule has 29 heavy (non-hydrogen) atoms. The summed E-state index contributed by atoms with van der Waals surface area (Å²) in [7, 11) is 0. The van der Waals surface area contributed by atoms with E-state index in [0.29, 0.717) is 35.9 Å². The van der Waals surface area contributed by atoms with Gasteiger partial charge in [-0.25, -0.2) is 9.37 Å². The first-order valence-corrected chi connectivity index (χ1v) is 10.5. The molecular weight excluding hydrogens is 393 g/mol. The van der Waals surface area contributed by atoms with Crippen LogP contribution in [0.15, 0.2) is 36.4 Å². The van der Waals surface area contributed by atoms with Crippen molar-refractivity contribution in [2.75, 3.05) is 36.5 Å². The lowest BCUT2D eigenvalue weighted by molar-refractivity contribution is -0.120. The van der Waals surface area contributed by atoms with Gasteiger partial charge in [-0.3, -0.25) is 4.79 Å². The maximum atomic E-state index is 13.9. The van der Waals surface area contributed by atoms with E-state index in [-0.39, 0.29) is 17.6 Å². The molecule has 0 saturated carbocycles. The van der Waals surface area contributed by atoms with E-state index in [9.17, 15) is 9.18 Å². The molecule has 3 aromatic rings. The minimum Gasteiger partial charge on any atom is -0.486 e. The van der Waals surface area contributed by atoms with Gasteiger partial charge in [0.25, 0.3) is 0 Å². The number of amides is 1. The normalized spacial score (nSPS) is 16.8. The fourth-order valence-corrected chi connectivity index (χ4v) is 4.77. The van der Waals surface area contributed by atoms with Crippen molar-refractivity contribution in [2.24, 2.45) is 5.92 Å². The van der Waals surface area contributed by atoms with Crippen molar-refractivity contribution >= 4 is 38.3 Å². The number of fused-ring (bicyclic) bond motifs is 2. The van der Waals surface area contributed by atoms with Crippen LogP contribution in [0, 0.1) is 11.7 Å². The van der Waals surface area contributed by atoms with Crippen LogP contribution in [0.4, 0.5) is 15.2 Å². The summed E-state index contributed by atoms with van der Waals surface area (Å²) in [5.74, 6) is 1.02. The highest BCUT2D eigenvalue weighted by Crippen LogP contribution is 2.34. The second-order valence-electron chi connectivity index (χ2n) is 7.19. The topological polar surface area (TPSA) is 63.7 Å². The van der Waals surface area contributed by atoms with Gasteiger partial charge in [-0.1, -0.05) is 17.4 Å². The Morgan fingerprint density at radius 1 is 1.14 bits per heavy atom. The zero-order chi connectivity index (χ0) is 19.8. The van der Waals surface area contributed by atoms with Gasteiger partial charge in [-0.2, -0.15) is 0 Å². The van der Waals surface area contributed by atoms with Crippen LogP contribution in [-0.2, 0) is 4.79 Å². The molecule has 8 heteroatoms. The molecule has 3 heterocycles. The highest BCUT2D eigenvalue weighted by molar-refractivity contribution is 7.22. The number of para-hydroxylation sites is 1. The summed E-state index contributed by atoms with van der Waals surface area (Å²) in [4.78, 5) is 19.3. The van der Waals surface area contributed by atoms with Gasteiger partial charge in [0.2, 0.25) is 5.91 Å². The molecule has 0 radical (unpaired) electrons. The second-order valence-corrected chi connectivity index (χ2v) is 8.20. The van der Waals surface area contributed by atoms with Gasteiger partial charge >= 0.3 is 0 Å². The third-order valence-electron chi connectivity index (χ3n) is 5.30. The predicted octanol–water partition coefficient (Wildman–Crippen LogP) is 4.06. The molecule has 0 aliphatic carbocycles. The lowest BCUT2D eigenvalue weighted by Gasteiger charge is -2.31. The Balaban J connectivity index is 1.22. The van der Waals surface area contributed by atoms with Crippen molar-refractivity contribution in [3.63, 3.8) is 0 Å². The first-order chi connectivity index (χ1) is 14.2. The summed E-state index contributed by atoms with van der Waals surface area (Å²) < 4.78 is 25.8. The zero-order valence-corrected chi connectivity index (χ0v) is 16.5. The van der Waals surface area contributed by atoms with Crippen molar-refractivity contribution in [3.05, 3.63) is 42.2 Å². The average Bonchev–Trinajstić information content (AvgIpc) is 3.20. The van der Waals surface area contributed by atoms with Crippen molar-refractivity contribution in [3.8, 4) is 11.5 Å². The molecule has 1 fully saturated rings. The van der Waals surface area contributed by atoms with Gasteiger partial charge < -0.3 is 19.7 Å². The van der Waals surface area contributed by atoms with Crippen LogP contribution in [0.5, 0.6) is 11.5 Å². The van der Waals surface area contributed by atoms with Crippen LogP contribution in [0.1, 0.15) is 12.8 Å². The third-order valence-corrected chi connectivity index (χ3v) is 6.39. The van der Waals surface area contributed by atoms with Gasteiger partial charge in [-0.15, -0.1) is 0 Å². The fraction of sp³-hybridized carbons (Fsp3) is 0.333. The number of anilines is 2. The number of piperidine rings is 1. The summed E-state index contributed by atoms with van der Waals surface area (Å²) in [6.07, 6.45) is 1.46. The summed E-state index contributed by atoms with van der Waals surface area (Å²) in [5.41, 5.74) is 1.13. The van der Waals surface area contributed by atoms with Crippen LogP contribution >= 0.6 is 11.3 Å². The predicted molar refractivity (Wildman–Crippen MR) is 111 cm³/mol. The number of nitrogens with zero attached hydrogens (tertiary/aromatic N) is 2. The summed E-state index contributed by atoms with van der Waals surface area (Å²) in [6.45, 7) is 2.50. The maximum absolute atomic E-state index is 13.9. The largest absolute Gasteiger partial charge is 0.486 e. The first-order valence-electron chi connectivity index (χ1n) is 9.68. The summed E-state index contributed by atoms with van der Waals surface area (Å²) >= 11 is 1.49. The molecule has 1 amide bonds. The molecule has 5 rings (SSSR count). The van der Waals surface area contributed by atoms with E-state index >= 15 is 0 Å². The SMILES string of the molecule is O=C(Nc1ccc2c(c1)OCCO2)C1CCN(c2nc3c(F)cccc3s2)CC1. The van der Waals surface area contributed by atoms with Gasteiger partial charge in [-0.05, 0) is 37.1 Å². The molecule has 0 bridgehead atoms. The van der Waals surface area contributed by atoms with Gasteiger partial charge in [0, 0.05) is 30.8 Å². The van der Waals surface area contributed by atoms with E-state index in [4.69, 9.17) is 9.47 Å². The van der Waals surface area contributed by atoms with Gasteiger partial charge in [0.05, 0.1) is 4.70 Å². The van der Waals surface area contributed by atoms with E-state index in [1.165, 1.54) is 17.4 Å². The monoisotopic (exact) mass is 413 g/mol. The zero-order valence-electron chi connectivity index (χ0n) is 15.7. The van der Waals surface area contributed by atoms with E-state index < -0.39 is 0 Å². The number of halogens is 1. The van der Waals surface area contributed by atoms with Crippen molar-refractivity contribution < 1.29 is 18.7 Å². The number of rotatable bonds is 3. The Bertz CT molecular complexity index is 1060. The molecule has 0 unspecified atom stereocenters. The number of nitrogens with one attached hydrogen (secondary N) is 1. The number of carbonyl (C=O) groups is 1. The van der Waals surface area contributed by atoms with E-state index in [2.05, 4.69) is 15.2 Å². The Hall–Kier alpha value is -2.87. The Labute approximate surface area is 171 Å². The Morgan fingerprint density at radius 2 is 1.93 bits per heavy atom. The van der Waals surface area contributed by atoms with E-state index in [1.807, 2.05) is 18.2 Å². The molecule has 0 atom stereocenters. The summed E-state index contributed by atoms with van der Waals surface area (Å²) in [6, 6.07) is 10.5. The van der Waals surface area contributed by atoms with E-state index in [1.54, 1.807) is 12.1 Å². The lowest BCUT2D eigenvalue weighted by Crippen LogP contribution is -2.38. The first kappa shape index (κ1) is 18.2. The number of aromatic nitrogens is 1. The number of hydrogen-bond acceptors (Lipinski definition) is 6. The minimum absolute atomic E-state index is 0.0108. The van der Waals surface area contributed by atoms with E-state index in [0.717, 1.165) is 35.8 Å². The van der Waals surface area contributed by atoms with Crippen molar-refractivity contribution in [2.45, 2.75) is 12.8 Å². The highest BCUT2D eigenvalue weighted by Gasteiger charge is 2.27. The average molecular weight is 413 g/mol. The van der Waals surface area contributed by atoms with Gasteiger partial charge in [0.1, 0.15) is 24.5 Å². The third kappa shape index (κ3) is 3.60. The molecule has 2 aliphatic rings. The summed E-state index contributed by atoms with van der Waals surface area (Å²) in [5, 5.41) is 3.81. The Morgan fingerprint density at radius 3 is 2.72 bits per heavy atom. The minimum atomic E-state index is -0.293. The molecule has 1 aromatic heterocycles. The smallest absolute Gasteiger partial charge is 0.227 e.